The van der Waals surface area contributed by atoms with Crippen LogP contribution in [0.5, 0.6) is 0 Å². The lowest BCUT2D eigenvalue weighted by atomic mass is 9.68. The van der Waals surface area contributed by atoms with Gasteiger partial charge in [-0.05, 0) is 42.9 Å². The second-order valence-electron chi connectivity index (χ2n) is 7.70. The maximum atomic E-state index is 5.00. The molecule has 0 radical (unpaired) electrons. The number of hydrogen-bond acceptors (Lipinski definition) is 1. The molecule has 19 heavy (non-hydrogen) atoms. The third-order valence-electron chi connectivity index (χ3n) is 5.73. The fourth-order valence-electron chi connectivity index (χ4n) is 4.00. The van der Waals surface area contributed by atoms with Crippen LogP contribution in [0.2, 0.25) is 0 Å². The van der Waals surface area contributed by atoms with E-state index >= 15 is 0 Å². The predicted octanol–water partition coefficient (Wildman–Crippen LogP) is 4.46. The molecule has 1 fully saturated rings. The van der Waals surface area contributed by atoms with E-state index in [1.165, 1.54) is 55.7 Å². The highest BCUT2D eigenvalue weighted by Gasteiger charge is 2.36. The Labute approximate surface area is 117 Å². The average molecular weight is 260 g/mol. The van der Waals surface area contributed by atoms with Gasteiger partial charge in [0.15, 0.2) is 0 Å². The van der Waals surface area contributed by atoms with Gasteiger partial charge in [-0.1, -0.05) is 40.5 Å². The zero-order chi connectivity index (χ0) is 13.6. The van der Waals surface area contributed by atoms with E-state index in [1.807, 2.05) is 0 Å². The molecule has 2 nitrogen and oxygen atoms in total. The van der Waals surface area contributed by atoms with Crippen LogP contribution in [0.25, 0.3) is 0 Å². The van der Waals surface area contributed by atoms with Crippen LogP contribution in [0, 0.1) is 17.3 Å². The molecular formula is C17H28N2. The SMILES string of the molecule is CC1Cc2nc(C3CCCCC3(C)C)[nH]c2CC1C. The van der Waals surface area contributed by atoms with Crippen LogP contribution in [0.3, 0.4) is 0 Å². The Morgan fingerprint density at radius 2 is 1.84 bits per heavy atom. The molecule has 2 aliphatic rings. The van der Waals surface area contributed by atoms with Crippen molar-refractivity contribution >= 4 is 0 Å². The van der Waals surface area contributed by atoms with Gasteiger partial charge in [0.05, 0.1) is 5.69 Å². The maximum Gasteiger partial charge on any atom is 0.110 e. The van der Waals surface area contributed by atoms with Gasteiger partial charge in [-0.25, -0.2) is 4.98 Å². The van der Waals surface area contributed by atoms with E-state index in [4.69, 9.17) is 4.98 Å². The van der Waals surface area contributed by atoms with E-state index in [1.54, 1.807) is 0 Å². The minimum atomic E-state index is 0.413. The van der Waals surface area contributed by atoms with E-state index in [-0.39, 0.29) is 0 Å². The summed E-state index contributed by atoms with van der Waals surface area (Å²) in [5, 5.41) is 0. The number of rotatable bonds is 1. The van der Waals surface area contributed by atoms with Crippen LogP contribution in [0.15, 0.2) is 0 Å². The topological polar surface area (TPSA) is 28.7 Å². The molecule has 1 saturated carbocycles. The van der Waals surface area contributed by atoms with E-state index in [9.17, 15) is 0 Å². The summed E-state index contributed by atoms with van der Waals surface area (Å²) in [5.74, 6) is 3.50. The summed E-state index contributed by atoms with van der Waals surface area (Å²) < 4.78 is 0. The fourth-order valence-corrected chi connectivity index (χ4v) is 4.00. The van der Waals surface area contributed by atoms with Crippen molar-refractivity contribution in [1.29, 1.82) is 0 Å². The second kappa shape index (κ2) is 4.64. The van der Waals surface area contributed by atoms with Gasteiger partial charge in [0.25, 0.3) is 0 Å². The monoisotopic (exact) mass is 260 g/mol. The summed E-state index contributed by atoms with van der Waals surface area (Å²) in [4.78, 5) is 8.70. The van der Waals surface area contributed by atoms with Gasteiger partial charge in [-0.3, -0.25) is 0 Å². The smallest absolute Gasteiger partial charge is 0.110 e. The van der Waals surface area contributed by atoms with Crippen molar-refractivity contribution in [3.63, 3.8) is 0 Å². The van der Waals surface area contributed by atoms with Crippen LogP contribution >= 0.6 is 0 Å². The fraction of sp³-hybridized carbons (Fsp3) is 0.824. The number of fused-ring (bicyclic) bond motifs is 1. The third-order valence-corrected chi connectivity index (χ3v) is 5.73. The molecule has 0 spiro atoms. The van der Waals surface area contributed by atoms with Gasteiger partial charge in [-0.2, -0.15) is 0 Å². The molecule has 3 unspecified atom stereocenters. The molecule has 0 bridgehead atoms. The molecular weight excluding hydrogens is 232 g/mol. The summed E-state index contributed by atoms with van der Waals surface area (Å²) in [5.41, 5.74) is 3.21. The van der Waals surface area contributed by atoms with Crippen LogP contribution in [0.1, 0.15) is 76.5 Å². The Bertz CT molecular complexity index is 430. The van der Waals surface area contributed by atoms with Crippen molar-refractivity contribution in [2.24, 2.45) is 17.3 Å². The Balaban J connectivity index is 1.89. The van der Waals surface area contributed by atoms with Crippen molar-refractivity contribution in [2.75, 3.05) is 0 Å². The third kappa shape index (κ3) is 2.34. The molecule has 0 aliphatic heterocycles. The maximum absolute atomic E-state index is 5.00. The van der Waals surface area contributed by atoms with E-state index in [2.05, 4.69) is 32.7 Å². The lowest BCUT2D eigenvalue weighted by molar-refractivity contribution is 0.193. The predicted molar refractivity (Wildman–Crippen MR) is 79.3 cm³/mol. The minimum Gasteiger partial charge on any atom is -0.345 e. The van der Waals surface area contributed by atoms with Gasteiger partial charge in [0.1, 0.15) is 5.82 Å². The molecule has 1 heterocycles. The number of H-pyrrole nitrogens is 1. The Hall–Kier alpha value is -0.790. The molecule has 3 rings (SSSR count). The molecule has 0 amide bonds. The molecule has 106 valence electrons. The number of nitrogens with one attached hydrogen (secondary N) is 1. The van der Waals surface area contributed by atoms with Gasteiger partial charge in [0.2, 0.25) is 0 Å². The normalized spacial score (nSPS) is 34.0. The Kier molecular flexibility index (Phi) is 3.23. The highest BCUT2D eigenvalue weighted by atomic mass is 15.0. The van der Waals surface area contributed by atoms with Gasteiger partial charge < -0.3 is 4.98 Å². The van der Waals surface area contributed by atoms with Crippen LogP contribution in [-0.4, -0.2) is 9.97 Å². The first-order valence-electron chi connectivity index (χ1n) is 8.05. The largest absolute Gasteiger partial charge is 0.345 e. The molecule has 3 atom stereocenters. The summed E-state index contributed by atoms with van der Waals surface area (Å²) in [6.07, 6.45) is 7.77. The standard InChI is InChI=1S/C17H28N2/c1-11-9-14-15(10-12(11)2)19-16(18-14)13-7-5-6-8-17(13,3)4/h11-13H,5-10H2,1-4H3,(H,18,19). The minimum absolute atomic E-state index is 0.413. The zero-order valence-corrected chi connectivity index (χ0v) is 12.9. The summed E-state index contributed by atoms with van der Waals surface area (Å²) in [6, 6.07) is 0. The van der Waals surface area contributed by atoms with Gasteiger partial charge in [0, 0.05) is 11.6 Å². The highest BCUT2D eigenvalue weighted by molar-refractivity contribution is 5.22. The van der Waals surface area contributed by atoms with Crippen molar-refractivity contribution in [1.82, 2.24) is 9.97 Å². The van der Waals surface area contributed by atoms with Gasteiger partial charge >= 0.3 is 0 Å². The van der Waals surface area contributed by atoms with E-state index in [0.717, 1.165) is 11.8 Å². The lowest BCUT2D eigenvalue weighted by Gasteiger charge is -2.37. The van der Waals surface area contributed by atoms with Crippen molar-refractivity contribution in [3.05, 3.63) is 17.2 Å². The Morgan fingerprint density at radius 1 is 1.11 bits per heavy atom. The van der Waals surface area contributed by atoms with Gasteiger partial charge in [-0.15, -0.1) is 0 Å². The molecule has 2 heteroatoms. The van der Waals surface area contributed by atoms with E-state index in [0.29, 0.717) is 11.3 Å². The second-order valence-corrected chi connectivity index (χ2v) is 7.70. The van der Waals surface area contributed by atoms with Crippen molar-refractivity contribution in [3.8, 4) is 0 Å². The first-order chi connectivity index (χ1) is 8.97. The number of nitrogens with zero attached hydrogens (tertiary/aromatic N) is 1. The summed E-state index contributed by atoms with van der Waals surface area (Å²) in [6.45, 7) is 9.58. The molecule has 0 saturated heterocycles. The highest BCUT2D eigenvalue weighted by Crippen LogP contribution is 2.46. The van der Waals surface area contributed by atoms with Crippen LogP contribution in [-0.2, 0) is 12.8 Å². The zero-order valence-electron chi connectivity index (χ0n) is 12.9. The number of hydrogen-bond donors (Lipinski definition) is 1. The van der Waals surface area contributed by atoms with Crippen LogP contribution in [0.4, 0.5) is 0 Å². The molecule has 2 aliphatic carbocycles. The van der Waals surface area contributed by atoms with Crippen molar-refractivity contribution in [2.45, 2.75) is 72.1 Å². The van der Waals surface area contributed by atoms with Crippen LogP contribution < -0.4 is 0 Å². The molecule has 0 aromatic carbocycles. The quantitative estimate of drug-likeness (QED) is 0.793. The Morgan fingerprint density at radius 3 is 2.58 bits per heavy atom. The molecule has 1 aromatic rings. The summed E-state index contributed by atoms with van der Waals surface area (Å²) >= 11 is 0. The number of aromatic amines is 1. The molecule has 1 N–H and O–H groups in total. The first-order valence-corrected chi connectivity index (χ1v) is 8.05. The number of aromatic nitrogens is 2. The molecule has 1 aromatic heterocycles. The average Bonchev–Trinajstić information content (AvgIpc) is 2.71. The number of imidazole rings is 1. The lowest BCUT2D eigenvalue weighted by Crippen LogP contribution is -2.26. The first kappa shape index (κ1) is 13.2. The van der Waals surface area contributed by atoms with E-state index < -0.39 is 0 Å². The summed E-state index contributed by atoms with van der Waals surface area (Å²) in [7, 11) is 0. The van der Waals surface area contributed by atoms with Crippen molar-refractivity contribution < 1.29 is 0 Å².